The standard InChI is InChI=1S/C63H96N6O18Si3/c1-10-79-88(80-11-2,81-12-3)40-28-37-64-61(73)76-46-55(49-31-22-19-23-32-49)67-58(70)52-43-53(59(71)68-56(50-33-24-20-25-34-50)47-77-62(74)65-38-29-41-89(82-13-4,83-14-5)84-15-6)45-54(44-52)60(72)69-57(51-35-26-21-27-36-51)48-78-63(75)66-39-30-42-90(85-16-7,86-17-8)87-18-9/h19-27,31-36,43-45,55-57H,10-18,28-30,37-42,46-48H2,1-9H3,(H,64,73)(H,65,74)(H,66,75)(H,67,70)(H,68,71)(H,69,72). The average Bonchev–Trinajstić information content (AvgIpc) is 1.32. The first-order valence-corrected chi connectivity index (χ1v) is 37.1. The molecule has 4 aromatic carbocycles. The van der Waals surface area contributed by atoms with E-state index in [1.165, 1.54) is 18.2 Å². The highest BCUT2D eigenvalue weighted by atomic mass is 28.4. The number of alkyl carbamates (subject to hydrolysis) is 3. The fourth-order valence-corrected chi connectivity index (χ4v) is 17.4. The van der Waals surface area contributed by atoms with Gasteiger partial charge in [-0.25, -0.2) is 14.4 Å². The van der Waals surface area contributed by atoms with Gasteiger partial charge in [0.1, 0.15) is 19.8 Å². The van der Waals surface area contributed by atoms with Crippen LogP contribution in [0.3, 0.4) is 0 Å². The molecule has 4 aromatic rings. The Morgan fingerprint density at radius 1 is 0.333 bits per heavy atom. The summed E-state index contributed by atoms with van der Waals surface area (Å²) in [5.74, 6) is -2.19. The van der Waals surface area contributed by atoms with Gasteiger partial charge in [0.05, 0.1) is 18.1 Å². The van der Waals surface area contributed by atoms with Crippen LogP contribution < -0.4 is 31.9 Å². The lowest BCUT2D eigenvalue weighted by molar-refractivity contribution is 0.0699. The predicted octanol–water partition coefficient (Wildman–Crippen LogP) is 9.59. The van der Waals surface area contributed by atoms with Crippen LogP contribution in [0.2, 0.25) is 18.1 Å². The van der Waals surface area contributed by atoms with Crippen LogP contribution in [0, 0.1) is 0 Å². The fourth-order valence-electron chi connectivity index (χ4n) is 9.59. The highest BCUT2D eigenvalue weighted by Crippen LogP contribution is 2.24. The molecule has 90 heavy (non-hydrogen) atoms. The van der Waals surface area contributed by atoms with Gasteiger partial charge in [-0.15, -0.1) is 0 Å². The average molecular weight is 1310 g/mol. The molecule has 6 N–H and O–H groups in total. The topological polar surface area (TPSA) is 285 Å². The maximum atomic E-state index is 14.7. The third-order valence-corrected chi connectivity index (χ3v) is 22.9. The Morgan fingerprint density at radius 2 is 0.544 bits per heavy atom. The van der Waals surface area contributed by atoms with Crippen LogP contribution in [0.25, 0.3) is 0 Å². The van der Waals surface area contributed by atoms with Crippen LogP contribution in [0.5, 0.6) is 0 Å². The molecule has 0 heterocycles. The van der Waals surface area contributed by atoms with E-state index in [1.807, 2.05) is 62.3 Å². The minimum absolute atomic E-state index is 0.113. The molecule has 0 aliphatic rings. The zero-order valence-corrected chi connectivity index (χ0v) is 56.8. The van der Waals surface area contributed by atoms with Gasteiger partial charge in [-0.3, -0.25) is 14.4 Å². The predicted molar refractivity (Wildman–Crippen MR) is 345 cm³/mol. The Kier molecular flexibility index (Phi) is 35.8. The number of carbonyl (C=O) groups excluding carboxylic acids is 6. The van der Waals surface area contributed by atoms with Crippen molar-refractivity contribution in [2.45, 2.75) is 118 Å². The Bertz CT molecular complexity index is 2380. The molecule has 0 aliphatic heterocycles. The van der Waals surface area contributed by atoms with E-state index in [9.17, 15) is 28.8 Å². The van der Waals surface area contributed by atoms with Crippen molar-refractivity contribution < 1.29 is 82.8 Å². The first kappa shape index (κ1) is 75.8. The molecule has 3 unspecified atom stereocenters. The second-order valence-corrected chi connectivity index (χ2v) is 28.1. The third kappa shape index (κ3) is 26.7. The van der Waals surface area contributed by atoms with Crippen molar-refractivity contribution in [2.24, 2.45) is 0 Å². The van der Waals surface area contributed by atoms with E-state index in [-0.39, 0.29) is 56.1 Å². The first-order chi connectivity index (χ1) is 43.6. The minimum Gasteiger partial charge on any atom is -0.447 e. The van der Waals surface area contributed by atoms with Gasteiger partial charge in [-0.05, 0) is 116 Å². The van der Waals surface area contributed by atoms with E-state index in [0.29, 0.717) is 114 Å². The third-order valence-electron chi connectivity index (χ3n) is 13.5. The molecule has 0 saturated carbocycles. The van der Waals surface area contributed by atoms with Crippen LogP contribution in [0.15, 0.2) is 109 Å². The van der Waals surface area contributed by atoms with E-state index < -0.39 is 80.5 Å². The molecule has 24 nitrogen and oxygen atoms in total. The number of amides is 6. The molecule has 3 atom stereocenters. The highest BCUT2D eigenvalue weighted by Gasteiger charge is 2.42. The number of rotatable bonds is 45. The van der Waals surface area contributed by atoms with Gasteiger partial charge in [0.25, 0.3) is 17.7 Å². The lowest BCUT2D eigenvalue weighted by Gasteiger charge is -2.28. The van der Waals surface area contributed by atoms with Crippen molar-refractivity contribution in [1.82, 2.24) is 31.9 Å². The monoisotopic (exact) mass is 1310 g/mol. The van der Waals surface area contributed by atoms with Crippen LogP contribution >= 0.6 is 0 Å². The normalized spacial score (nSPS) is 12.6. The molecule has 0 aromatic heterocycles. The van der Waals surface area contributed by atoms with Crippen molar-refractivity contribution in [2.75, 3.05) is 98.9 Å². The van der Waals surface area contributed by atoms with Crippen molar-refractivity contribution >= 4 is 62.4 Å². The van der Waals surface area contributed by atoms with Gasteiger partial charge >= 0.3 is 44.7 Å². The van der Waals surface area contributed by atoms with Crippen LogP contribution in [0.1, 0.15) is 147 Å². The molecule has 0 saturated heterocycles. The molecule has 0 fully saturated rings. The lowest BCUT2D eigenvalue weighted by atomic mass is 10.0. The molecular formula is C63H96N6O18Si3. The van der Waals surface area contributed by atoms with Gasteiger partial charge in [0.2, 0.25) is 0 Å². The summed E-state index contributed by atoms with van der Waals surface area (Å²) in [6, 6.07) is 29.1. The van der Waals surface area contributed by atoms with Crippen molar-refractivity contribution in [3.05, 3.63) is 143 Å². The molecule has 6 amide bonds. The largest absolute Gasteiger partial charge is 0.500 e. The van der Waals surface area contributed by atoms with Gasteiger partial charge < -0.3 is 85.9 Å². The van der Waals surface area contributed by atoms with Gasteiger partial charge in [-0.1, -0.05) is 91.0 Å². The van der Waals surface area contributed by atoms with Crippen LogP contribution in [0.4, 0.5) is 14.4 Å². The molecule has 27 heteroatoms. The summed E-state index contributed by atoms with van der Waals surface area (Å²) in [6.07, 6.45) is -0.771. The minimum atomic E-state index is -2.96. The quantitative estimate of drug-likeness (QED) is 0.0136. The maximum absolute atomic E-state index is 14.7. The molecule has 0 spiro atoms. The van der Waals surface area contributed by atoms with Crippen molar-refractivity contribution in [1.29, 1.82) is 0 Å². The highest BCUT2D eigenvalue weighted by molar-refractivity contribution is 6.61. The van der Waals surface area contributed by atoms with Crippen LogP contribution in [-0.2, 0) is 54.0 Å². The van der Waals surface area contributed by atoms with Crippen molar-refractivity contribution in [3.63, 3.8) is 0 Å². The SMILES string of the molecule is CCO[Si](CCCNC(=O)OCC(NC(=O)c1cc(C(=O)NC(COC(=O)NCCC[Si](OCC)(OCC)OCC)c2ccccc2)cc(C(=O)NC(COC(=O)NCCC[Si](OCC)(OCC)OCC)c2ccccc2)c1)c1ccccc1)(OCC)OCC. The number of nitrogens with one attached hydrogen (secondary N) is 6. The van der Waals surface area contributed by atoms with E-state index in [4.69, 9.17) is 54.0 Å². The number of carbonyl (C=O) groups is 6. The molecule has 0 radical (unpaired) electrons. The summed E-state index contributed by atoms with van der Waals surface area (Å²) in [6.45, 7) is 20.3. The molecule has 4 rings (SSSR count). The number of hydrogen-bond donors (Lipinski definition) is 6. The maximum Gasteiger partial charge on any atom is 0.500 e. The summed E-state index contributed by atoms with van der Waals surface area (Å²) >= 11 is 0. The summed E-state index contributed by atoms with van der Waals surface area (Å²) in [5.41, 5.74) is 1.42. The van der Waals surface area contributed by atoms with Crippen molar-refractivity contribution in [3.8, 4) is 0 Å². The fraction of sp³-hybridized carbons (Fsp3) is 0.524. The van der Waals surface area contributed by atoms with E-state index in [1.54, 1.807) is 91.0 Å². The second kappa shape index (κ2) is 42.4. The number of benzene rings is 4. The molecule has 0 bridgehead atoms. The van der Waals surface area contributed by atoms with E-state index in [2.05, 4.69) is 31.9 Å². The van der Waals surface area contributed by atoms with E-state index in [0.717, 1.165) is 0 Å². The summed E-state index contributed by atoms with van der Waals surface area (Å²) < 4.78 is 70.7. The zero-order chi connectivity index (χ0) is 65.5. The Morgan fingerprint density at radius 3 is 0.744 bits per heavy atom. The molecule has 0 aliphatic carbocycles. The van der Waals surface area contributed by atoms with Gasteiger partial charge in [0.15, 0.2) is 0 Å². The summed E-state index contributed by atoms with van der Waals surface area (Å²) in [7, 11) is -8.89. The number of ether oxygens (including phenoxy) is 3. The molecular weight excluding hydrogens is 1210 g/mol. The Hall–Kier alpha value is -6.61. The second-order valence-electron chi connectivity index (χ2n) is 19.9. The Balaban J connectivity index is 1.63. The molecule has 498 valence electrons. The first-order valence-electron chi connectivity index (χ1n) is 31.3. The summed E-state index contributed by atoms with van der Waals surface area (Å²) in [4.78, 5) is 83.8. The Labute approximate surface area is 534 Å². The number of hydrogen-bond acceptors (Lipinski definition) is 18. The van der Waals surface area contributed by atoms with Gasteiger partial charge in [0, 0.05) is 114 Å². The lowest BCUT2D eigenvalue weighted by Crippen LogP contribution is -2.46. The van der Waals surface area contributed by atoms with Gasteiger partial charge in [-0.2, -0.15) is 0 Å². The zero-order valence-electron chi connectivity index (χ0n) is 53.8. The smallest absolute Gasteiger partial charge is 0.447 e. The van der Waals surface area contributed by atoms with Crippen LogP contribution in [-0.4, -0.2) is 161 Å². The summed E-state index contributed by atoms with van der Waals surface area (Å²) in [5, 5.41) is 17.1. The van der Waals surface area contributed by atoms with E-state index >= 15 is 0 Å².